The fourth-order valence-corrected chi connectivity index (χ4v) is 2.39. The Morgan fingerprint density at radius 1 is 1.53 bits per heavy atom. The number of ether oxygens (including phenoxy) is 1. The van der Waals surface area contributed by atoms with E-state index in [4.69, 9.17) is 15.6 Å². The van der Waals surface area contributed by atoms with Gasteiger partial charge in [0.05, 0.1) is 6.10 Å². The van der Waals surface area contributed by atoms with Crippen LogP contribution in [0.5, 0.6) is 0 Å². The highest BCUT2D eigenvalue weighted by atomic mass is 16.5. The lowest BCUT2D eigenvalue weighted by molar-refractivity contribution is -0.139. The van der Waals surface area contributed by atoms with Crippen LogP contribution in [0.2, 0.25) is 0 Å². The van der Waals surface area contributed by atoms with Gasteiger partial charge in [0.25, 0.3) is 0 Å². The van der Waals surface area contributed by atoms with E-state index in [9.17, 15) is 4.79 Å². The quantitative estimate of drug-likeness (QED) is 0.659. The molecule has 2 bridgehead atoms. The zero-order chi connectivity index (χ0) is 10.8. The van der Waals surface area contributed by atoms with Crippen LogP contribution in [0.25, 0.3) is 0 Å². The molecule has 4 nitrogen and oxygen atoms in total. The molecular weight excluding hydrogens is 194 g/mol. The predicted molar refractivity (Wildman–Crippen MR) is 55.3 cm³/mol. The van der Waals surface area contributed by atoms with E-state index in [1.807, 2.05) is 0 Å². The Hall–Kier alpha value is -0.870. The van der Waals surface area contributed by atoms with E-state index in [1.165, 1.54) is 6.42 Å². The molecule has 0 aliphatic heterocycles. The third kappa shape index (κ3) is 2.38. The van der Waals surface area contributed by atoms with E-state index in [0.29, 0.717) is 31.0 Å². The van der Waals surface area contributed by atoms with Gasteiger partial charge >= 0.3 is 5.97 Å². The van der Waals surface area contributed by atoms with Crippen LogP contribution < -0.4 is 5.73 Å². The van der Waals surface area contributed by atoms with Crippen LogP contribution in [-0.2, 0) is 9.53 Å². The van der Waals surface area contributed by atoms with Gasteiger partial charge in [0.15, 0.2) is 0 Å². The second kappa shape index (κ2) is 4.33. The molecule has 4 unspecified atom stereocenters. The highest BCUT2D eigenvalue weighted by Crippen LogP contribution is 2.40. The number of rotatable bonds is 5. The lowest BCUT2D eigenvalue weighted by Crippen LogP contribution is -2.32. The van der Waals surface area contributed by atoms with Crippen molar-refractivity contribution in [2.24, 2.45) is 17.6 Å². The topological polar surface area (TPSA) is 72.5 Å². The number of hydrogen-bond acceptors (Lipinski definition) is 3. The Morgan fingerprint density at radius 2 is 2.33 bits per heavy atom. The van der Waals surface area contributed by atoms with Crippen LogP contribution in [0.15, 0.2) is 12.2 Å². The van der Waals surface area contributed by atoms with Crippen molar-refractivity contribution in [2.75, 3.05) is 6.61 Å². The molecule has 0 saturated heterocycles. The van der Waals surface area contributed by atoms with Gasteiger partial charge in [0.2, 0.25) is 0 Å². The van der Waals surface area contributed by atoms with E-state index >= 15 is 0 Å². The molecule has 2 aliphatic carbocycles. The van der Waals surface area contributed by atoms with Gasteiger partial charge in [-0.1, -0.05) is 12.2 Å². The van der Waals surface area contributed by atoms with E-state index in [0.717, 1.165) is 6.42 Å². The molecule has 0 heterocycles. The maximum absolute atomic E-state index is 10.5. The molecule has 4 heteroatoms. The van der Waals surface area contributed by atoms with Crippen molar-refractivity contribution in [2.45, 2.75) is 31.4 Å². The standard InChI is InChI=1S/C11H17NO3/c12-9(11(13)14)3-4-15-10-6-7-1-2-8(10)5-7/h1-2,7-10H,3-6,12H2,(H,13,14). The lowest BCUT2D eigenvalue weighted by atomic mass is 10.0. The van der Waals surface area contributed by atoms with Gasteiger partial charge in [-0.15, -0.1) is 0 Å². The Labute approximate surface area is 89.1 Å². The van der Waals surface area contributed by atoms with Crippen molar-refractivity contribution in [3.63, 3.8) is 0 Å². The van der Waals surface area contributed by atoms with E-state index in [-0.39, 0.29) is 0 Å². The molecule has 2 rings (SSSR count). The van der Waals surface area contributed by atoms with Crippen LogP contribution in [0.4, 0.5) is 0 Å². The molecule has 0 spiro atoms. The molecule has 0 aromatic heterocycles. The van der Waals surface area contributed by atoms with Crippen LogP contribution in [0, 0.1) is 11.8 Å². The molecule has 3 N–H and O–H groups in total. The molecule has 0 amide bonds. The Kier molecular flexibility index (Phi) is 3.07. The summed E-state index contributed by atoms with van der Waals surface area (Å²) in [5.74, 6) is 0.288. The molecule has 15 heavy (non-hydrogen) atoms. The zero-order valence-electron chi connectivity index (χ0n) is 8.63. The summed E-state index contributed by atoms with van der Waals surface area (Å²) in [6, 6.07) is -0.792. The van der Waals surface area contributed by atoms with Crippen molar-refractivity contribution in [3.8, 4) is 0 Å². The van der Waals surface area contributed by atoms with Gasteiger partial charge in [0, 0.05) is 12.5 Å². The first-order valence-corrected chi connectivity index (χ1v) is 5.45. The van der Waals surface area contributed by atoms with Crippen molar-refractivity contribution in [3.05, 3.63) is 12.2 Å². The summed E-state index contributed by atoms with van der Waals surface area (Å²) in [6.45, 7) is 0.454. The Bertz CT molecular complexity index is 277. The van der Waals surface area contributed by atoms with Gasteiger partial charge in [-0.05, 0) is 25.2 Å². The number of carboxylic acids is 1. The summed E-state index contributed by atoms with van der Waals surface area (Å²) >= 11 is 0. The van der Waals surface area contributed by atoms with Crippen molar-refractivity contribution < 1.29 is 14.6 Å². The maximum Gasteiger partial charge on any atom is 0.320 e. The third-order valence-electron chi connectivity index (χ3n) is 3.30. The molecule has 0 aromatic rings. The van der Waals surface area contributed by atoms with Crippen molar-refractivity contribution in [1.29, 1.82) is 0 Å². The number of allylic oxidation sites excluding steroid dienone is 1. The van der Waals surface area contributed by atoms with Crippen molar-refractivity contribution in [1.82, 2.24) is 0 Å². The summed E-state index contributed by atoms with van der Waals surface area (Å²) in [5, 5.41) is 8.59. The number of carboxylic acid groups (broad SMARTS) is 1. The first-order chi connectivity index (χ1) is 7.16. The van der Waals surface area contributed by atoms with Crippen LogP contribution in [0.3, 0.4) is 0 Å². The second-order valence-electron chi connectivity index (χ2n) is 4.42. The largest absolute Gasteiger partial charge is 0.480 e. The minimum atomic E-state index is -0.952. The summed E-state index contributed by atoms with van der Waals surface area (Å²) in [7, 11) is 0. The number of aliphatic carboxylic acids is 1. The monoisotopic (exact) mass is 211 g/mol. The third-order valence-corrected chi connectivity index (χ3v) is 3.30. The average molecular weight is 211 g/mol. The molecule has 1 fully saturated rings. The molecular formula is C11H17NO3. The Balaban J connectivity index is 1.67. The first kappa shape index (κ1) is 10.6. The van der Waals surface area contributed by atoms with Gasteiger partial charge in [-0.3, -0.25) is 4.79 Å². The molecule has 0 radical (unpaired) electrons. The number of carbonyl (C=O) groups is 1. The van der Waals surface area contributed by atoms with E-state index < -0.39 is 12.0 Å². The van der Waals surface area contributed by atoms with Gasteiger partial charge in [0.1, 0.15) is 6.04 Å². The average Bonchev–Trinajstić information content (AvgIpc) is 2.78. The molecule has 84 valence electrons. The lowest BCUT2D eigenvalue weighted by Gasteiger charge is -2.19. The summed E-state index contributed by atoms with van der Waals surface area (Å²) in [5.41, 5.74) is 5.38. The first-order valence-electron chi connectivity index (χ1n) is 5.45. The predicted octanol–water partition coefficient (Wildman–Crippen LogP) is 0.770. The van der Waals surface area contributed by atoms with Crippen LogP contribution >= 0.6 is 0 Å². The minimum Gasteiger partial charge on any atom is -0.480 e. The number of hydrogen-bond donors (Lipinski definition) is 2. The van der Waals surface area contributed by atoms with Gasteiger partial charge in [-0.2, -0.15) is 0 Å². The van der Waals surface area contributed by atoms with E-state index in [1.54, 1.807) is 0 Å². The number of fused-ring (bicyclic) bond motifs is 2. The van der Waals surface area contributed by atoms with Gasteiger partial charge in [-0.25, -0.2) is 0 Å². The highest BCUT2D eigenvalue weighted by molar-refractivity contribution is 5.72. The molecule has 4 atom stereocenters. The zero-order valence-corrected chi connectivity index (χ0v) is 8.63. The molecule has 1 saturated carbocycles. The fraction of sp³-hybridized carbons (Fsp3) is 0.727. The SMILES string of the molecule is NC(CCOC1CC2C=CC1C2)C(=O)O. The molecule has 2 aliphatic rings. The second-order valence-corrected chi connectivity index (χ2v) is 4.42. The normalized spacial score (nSPS) is 34.6. The van der Waals surface area contributed by atoms with Crippen molar-refractivity contribution >= 4 is 5.97 Å². The minimum absolute atomic E-state index is 0.293. The summed E-state index contributed by atoms with van der Waals surface area (Å²) in [4.78, 5) is 10.5. The van der Waals surface area contributed by atoms with Crippen LogP contribution in [0.1, 0.15) is 19.3 Å². The van der Waals surface area contributed by atoms with Crippen LogP contribution in [-0.4, -0.2) is 29.8 Å². The molecule has 0 aromatic carbocycles. The highest BCUT2D eigenvalue weighted by Gasteiger charge is 2.36. The van der Waals surface area contributed by atoms with Gasteiger partial charge < -0.3 is 15.6 Å². The Morgan fingerprint density at radius 3 is 2.87 bits per heavy atom. The fourth-order valence-electron chi connectivity index (χ4n) is 2.39. The summed E-state index contributed by atoms with van der Waals surface area (Å²) in [6.07, 6.45) is 7.45. The number of nitrogens with two attached hydrogens (primary N) is 1. The van der Waals surface area contributed by atoms with E-state index in [2.05, 4.69) is 12.2 Å². The maximum atomic E-state index is 10.5. The smallest absolute Gasteiger partial charge is 0.320 e. The summed E-state index contributed by atoms with van der Waals surface area (Å²) < 4.78 is 5.66.